The molecule has 1 aromatic carbocycles. The predicted octanol–water partition coefficient (Wildman–Crippen LogP) is 1.74. The van der Waals surface area contributed by atoms with Crippen LogP contribution in [0.15, 0.2) is 29.3 Å². The summed E-state index contributed by atoms with van der Waals surface area (Å²) in [6, 6.07) is 8.16. The number of aliphatic imine (C=N–C) groups is 1. The second kappa shape index (κ2) is 11.6. The molecule has 8 heteroatoms. The van der Waals surface area contributed by atoms with E-state index in [9.17, 15) is 8.42 Å². The van der Waals surface area contributed by atoms with E-state index >= 15 is 0 Å². The van der Waals surface area contributed by atoms with Gasteiger partial charge in [-0.3, -0.25) is 0 Å². The number of hydrogen-bond donors (Lipinski definition) is 3. The first kappa shape index (κ1) is 22.1. The van der Waals surface area contributed by atoms with Crippen molar-refractivity contribution in [3.8, 4) is 0 Å². The normalized spacial score (nSPS) is 11.7. The fourth-order valence-electron chi connectivity index (χ4n) is 1.73. The molecule has 0 fully saturated rings. The number of halogens is 1. The van der Waals surface area contributed by atoms with Gasteiger partial charge >= 0.3 is 0 Å². The van der Waals surface area contributed by atoms with Crippen molar-refractivity contribution in [2.24, 2.45) is 10.1 Å². The summed E-state index contributed by atoms with van der Waals surface area (Å²) < 4.78 is 21.9. The van der Waals surface area contributed by atoms with Gasteiger partial charge in [0.15, 0.2) is 5.96 Å². The molecule has 132 valence electrons. The lowest BCUT2D eigenvalue weighted by atomic mass is 10.1. The molecule has 0 atom stereocenters. The fourth-order valence-corrected chi connectivity index (χ4v) is 2.12. The van der Waals surface area contributed by atoms with Gasteiger partial charge in [-0.25, -0.2) is 18.5 Å². The molecule has 0 amide bonds. The van der Waals surface area contributed by atoms with E-state index < -0.39 is 10.0 Å². The van der Waals surface area contributed by atoms with Crippen LogP contribution >= 0.6 is 24.0 Å². The summed E-state index contributed by atoms with van der Waals surface area (Å²) >= 11 is 0. The van der Waals surface area contributed by atoms with E-state index in [4.69, 9.17) is 5.14 Å². The lowest BCUT2D eigenvalue weighted by molar-refractivity contribution is 0.596. The van der Waals surface area contributed by atoms with Crippen molar-refractivity contribution in [2.45, 2.75) is 33.2 Å². The van der Waals surface area contributed by atoms with Crippen molar-refractivity contribution in [3.05, 3.63) is 35.4 Å². The second-order valence-corrected chi connectivity index (χ2v) is 6.96. The summed E-state index contributed by atoms with van der Waals surface area (Å²) in [5.41, 5.74) is 2.31. The Morgan fingerprint density at radius 2 is 1.78 bits per heavy atom. The zero-order valence-corrected chi connectivity index (χ0v) is 16.9. The van der Waals surface area contributed by atoms with Crippen molar-refractivity contribution in [1.82, 2.24) is 10.6 Å². The molecule has 0 saturated heterocycles. The Labute approximate surface area is 156 Å². The molecular weight excluding hydrogens is 427 g/mol. The van der Waals surface area contributed by atoms with Crippen LogP contribution in [-0.4, -0.2) is 33.2 Å². The lowest BCUT2D eigenvalue weighted by Gasteiger charge is -2.12. The van der Waals surface area contributed by atoms with Crippen LogP contribution < -0.4 is 15.8 Å². The minimum Gasteiger partial charge on any atom is -0.356 e. The molecule has 0 aliphatic heterocycles. The number of primary sulfonamides is 1. The Hall–Kier alpha value is -0.870. The summed E-state index contributed by atoms with van der Waals surface area (Å²) in [5.74, 6) is 0.490. The summed E-state index contributed by atoms with van der Waals surface area (Å²) in [7, 11) is -3.46. The molecule has 1 rings (SSSR count). The topological polar surface area (TPSA) is 96.6 Å². The minimum absolute atomic E-state index is 0. The smallest absolute Gasteiger partial charge is 0.210 e. The molecule has 0 heterocycles. The predicted molar refractivity (Wildman–Crippen MR) is 107 cm³/mol. The van der Waals surface area contributed by atoms with E-state index in [1.54, 1.807) is 0 Å². The van der Waals surface area contributed by atoms with Crippen LogP contribution in [0.2, 0.25) is 0 Å². The summed E-state index contributed by atoms with van der Waals surface area (Å²) in [6.45, 7) is 5.73. The highest BCUT2D eigenvalue weighted by atomic mass is 127. The molecule has 0 spiro atoms. The molecule has 0 aliphatic rings. The van der Waals surface area contributed by atoms with Crippen LogP contribution in [0.25, 0.3) is 0 Å². The second-order valence-electron chi connectivity index (χ2n) is 5.22. The van der Waals surface area contributed by atoms with Gasteiger partial charge in [-0.2, -0.15) is 0 Å². The maximum absolute atomic E-state index is 11.0. The number of rotatable bonds is 8. The number of unbranched alkanes of at least 4 members (excludes halogenated alkanes) is 1. The Kier molecular flexibility index (Phi) is 11.2. The number of nitrogens with one attached hydrogen (secondary N) is 2. The van der Waals surface area contributed by atoms with Crippen LogP contribution in [0.1, 0.15) is 30.9 Å². The first-order chi connectivity index (χ1) is 10.4. The van der Waals surface area contributed by atoms with Gasteiger partial charge < -0.3 is 10.6 Å². The zero-order chi connectivity index (χ0) is 16.4. The molecule has 0 radical (unpaired) electrons. The van der Waals surface area contributed by atoms with Crippen LogP contribution in [0.3, 0.4) is 0 Å². The molecule has 6 nitrogen and oxygen atoms in total. The molecule has 0 saturated carbocycles. The Morgan fingerprint density at radius 3 is 2.35 bits per heavy atom. The van der Waals surface area contributed by atoms with Gasteiger partial charge in [0.2, 0.25) is 10.0 Å². The highest BCUT2D eigenvalue weighted by Gasteiger charge is 2.04. The number of nitrogens with two attached hydrogens (primary N) is 1. The number of aryl methyl sites for hydroxylation is 1. The van der Waals surface area contributed by atoms with Crippen molar-refractivity contribution >= 4 is 40.0 Å². The zero-order valence-electron chi connectivity index (χ0n) is 13.7. The highest BCUT2D eigenvalue weighted by molar-refractivity contribution is 14.0. The molecule has 4 N–H and O–H groups in total. The SMILES string of the molecule is CCCCNC(=NCc1ccc(C)cc1)NCCS(N)(=O)=O.I. The standard InChI is InChI=1S/C15H26N4O2S.HI/c1-3-4-9-17-15(18-10-11-22(16,20)21)19-12-14-7-5-13(2)6-8-14;/h5-8H,3-4,9-12H2,1-2H3,(H2,16,20,21)(H2,17,18,19);1H. The van der Waals surface area contributed by atoms with E-state index in [0.29, 0.717) is 12.5 Å². The van der Waals surface area contributed by atoms with Crippen molar-refractivity contribution in [1.29, 1.82) is 0 Å². The Bertz CT molecular complexity index is 574. The molecular formula is C15H27IN4O2S. The van der Waals surface area contributed by atoms with E-state index in [1.807, 2.05) is 31.2 Å². The fraction of sp³-hybridized carbons (Fsp3) is 0.533. The number of nitrogens with zero attached hydrogens (tertiary/aromatic N) is 1. The first-order valence-corrected chi connectivity index (χ1v) is 9.20. The highest BCUT2D eigenvalue weighted by Crippen LogP contribution is 2.04. The third-order valence-corrected chi connectivity index (χ3v) is 3.82. The maximum atomic E-state index is 11.0. The number of guanidine groups is 1. The molecule has 0 bridgehead atoms. The number of hydrogen-bond acceptors (Lipinski definition) is 3. The van der Waals surface area contributed by atoms with Crippen molar-refractivity contribution < 1.29 is 8.42 Å². The average molecular weight is 454 g/mol. The Balaban J connectivity index is 0.00000484. The van der Waals surface area contributed by atoms with Gasteiger partial charge in [-0.15, -0.1) is 24.0 Å². The van der Waals surface area contributed by atoms with Gasteiger partial charge in [0.1, 0.15) is 0 Å². The maximum Gasteiger partial charge on any atom is 0.210 e. The summed E-state index contributed by atoms with van der Waals surface area (Å²) in [4.78, 5) is 4.47. The largest absolute Gasteiger partial charge is 0.356 e. The van der Waals surface area contributed by atoms with E-state index in [1.165, 1.54) is 5.56 Å². The first-order valence-electron chi connectivity index (χ1n) is 7.49. The quantitative estimate of drug-likeness (QED) is 0.241. The number of benzene rings is 1. The average Bonchev–Trinajstić information content (AvgIpc) is 2.45. The van der Waals surface area contributed by atoms with Crippen LogP contribution in [-0.2, 0) is 16.6 Å². The summed E-state index contributed by atoms with van der Waals surface area (Å²) in [6.07, 6.45) is 2.11. The molecule has 0 unspecified atom stereocenters. The van der Waals surface area contributed by atoms with E-state index in [0.717, 1.165) is 24.9 Å². The van der Waals surface area contributed by atoms with E-state index in [2.05, 4.69) is 22.5 Å². The molecule has 0 aromatic heterocycles. The van der Waals surface area contributed by atoms with E-state index in [-0.39, 0.29) is 36.3 Å². The van der Waals surface area contributed by atoms with Gasteiger partial charge in [-0.05, 0) is 18.9 Å². The third-order valence-electron chi connectivity index (χ3n) is 3.04. The van der Waals surface area contributed by atoms with Crippen molar-refractivity contribution in [3.63, 3.8) is 0 Å². The van der Waals surface area contributed by atoms with Crippen LogP contribution in [0.4, 0.5) is 0 Å². The third kappa shape index (κ3) is 11.3. The minimum atomic E-state index is -3.46. The van der Waals surface area contributed by atoms with Crippen LogP contribution in [0, 0.1) is 6.92 Å². The molecule has 1 aromatic rings. The van der Waals surface area contributed by atoms with Gasteiger partial charge in [0, 0.05) is 13.1 Å². The van der Waals surface area contributed by atoms with Crippen molar-refractivity contribution in [2.75, 3.05) is 18.8 Å². The summed E-state index contributed by atoms with van der Waals surface area (Å²) in [5, 5.41) is 11.2. The number of sulfonamides is 1. The molecule has 23 heavy (non-hydrogen) atoms. The van der Waals surface area contributed by atoms with Gasteiger partial charge in [0.05, 0.1) is 12.3 Å². The van der Waals surface area contributed by atoms with Gasteiger partial charge in [-0.1, -0.05) is 43.2 Å². The lowest BCUT2D eigenvalue weighted by Crippen LogP contribution is -2.40. The molecule has 0 aliphatic carbocycles. The van der Waals surface area contributed by atoms with Crippen LogP contribution in [0.5, 0.6) is 0 Å². The van der Waals surface area contributed by atoms with Gasteiger partial charge in [0.25, 0.3) is 0 Å². The monoisotopic (exact) mass is 454 g/mol. The Morgan fingerprint density at radius 1 is 1.17 bits per heavy atom.